The second-order valence-corrected chi connectivity index (χ2v) is 4.94. The number of Topliss-reactive ketones (excluding diaryl/α,β-unsaturated/α-hetero) is 1. The van der Waals surface area contributed by atoms with Crippen molar-refractivity contribution in [3.8, 4) is 5.75 Å². The third kappa shape index (κ3) is 3.05. The van der Waals surface area contributed by atoms with Crippen molar-refractivity contribution in [2.75, 3.05) is 6.61 Å². The predicted molar refractivity (Wildman–Crippen MR) is 73.4 cm³/mol. The van der Waals surface area contributed by atoms with E-state index in [1.54, 1.807) is 0 Å². The molecule has 1 aromatic heterocycles. The summed E-state index contributed by atoms with van der Waals surface area (Å²) in [5.41, 5.74) is 0.835. The molecule has 0 radical (unpaired) electrons. The minimum Gasteiger partial charge on any atom is -0.492 e. The molecule has 3 nitrogen and oxygen atoms in total. The zero-order chi connectivity index (χ0) is 13.1. The third-order valence-electron chi connectivity index (χ3n) is 3.34. The topological polar surface area (TPSA) is 31.2 Å². The van der Waals surface area contributed by atoms with Crippen molar-refractivity contribution in [1.29, 1.82) is 0 Å². The minimum absolute atomic E-state index is 0.288. The van der Waals surface area contributed by atoms with Gasteiger partial charge in [0.25, 0.3) is 0 Å². The third-order valence-corrected chi connectivity index (χ3v) is 3.34. The normalized spacial score (nSPS) is 14.3. The van der Waals surface area contributed by atoms with E-state index in [1.165, 1.54) is 0 Å². The summed E-state index contributed by atoms with van der Waals surface area (Å²) in [6.07, 6.45) is 5.99. The molecule has 1 aliphatic rings. The van der Waals surface area contributed by atoms with Crippen LogP contribution in [0.25, 0.3) is 0 Å². The first-order chi connectivity index (χ1) is 9.33. The smallest absolute Gasteiger partial charge is 0.167 e. The number of nitrogens with zero attached hydrogens (tertiary/aromatic N) is 1. The number of ether oxygens (including phenoxy) is 1. The van der Waals surface area contributed by atoms with Gasteiger partial charge in [-0.15, -0.1) is 0 Å². The van der Waals surface area contributed by atoms with Gasteiger partial charge in [-0.2, -0.15) is 0 Å². The van der Waals surface area contributed by atoms with Crippen molar-refractivity contribution in [1.82, 2.24) is 4.57 Å². The Morgan fingerprint density at radius 2 is 2.00 bits per heavy atom. The Bertz CT molecular complexity index is 555. The van der Waals surface area contributed by atoms with Gasteiger partial charge in [-0.05, 0) is 31.0 Å². The molecular weight excluding hydrogens is 238 g/mol. The first kappa shape index (κ1) is 12.0. The van der Waals surface area contributed by atoms with Crippen molar-refractivity contribution < 1.29 is 9.53 Å². The van der Waals surface area contributed by atoms with Crippen molar-refractivity contribution in [3.63, 3.8) is 0 Å². The molecule has 3 rings (SSSR count). The molecule has 1 aromatic carbocycles. The number of hydrogen-bond donors (Lipinski definition) is 0. The van der Waals surface area contributed by atoms with E-state index in [2.05, 4.69) is 0 Å². The van der Waals surface area contributed by atoms with E-state index < -0.39 is 0 Å². The summed E-state index contributed by atoms with van der Waals surface area (Å²) in [5.74, 6) is 1.46. The highest BCUT2D eigenvalue weighted by atomic mass is 16.5. The van der Waals surface area contributed by atoms with Crippen LogP contribution in [0, 0.1) is 5.92 Å². The highest BCUT2D eigenvalue weighted by molar-refractivity contribution is 5.99. The maximum atomic E-state index is 11.9. The van der Waals surface area contributed by atoms with Crippen LogP contribution in [0.1, 0.15) is 23.2 Å². The van der Waals surface area contributed by atoms with Gasteiger partial charge < -0.3 is 9.30 Å². The van der Waals surface area contributed by atoms with Crippen molar-refractivity contribution in [2.24, 2.45) is 5.92 Å². The fraction of sp³-hybridized carbons (Fsp3) is 0.312. The van der Waals surface area contributed by atoms with Gasteiger partial charge in [-0.25, -0.2) is 0 Å². The van der Waals surface area contributed by atoms with Gasteiger partial charge >= 0.3 is 0 Å². The summed E-state index contributed by atoms with van der Waals surface area (Å²) in [7, 11) is 0. The second kappa shape index (κ2) is 5.31. The Balaban J connectivity index is 1.51. The van der Waals surface area contributed by atoms with Gasteiger partial charge in [-0.3, -0.25) is 4.79 Å². The van der Waals surface area contributed by atoms with E-state index in [0.29, 0.717) is 12.4 Å². The van der Waals surface area contributed by atoms with Crippen molar-refractivity contribution in [3.05, 3.63) is 54.4 Å². The van der Waals surface area contributed by atoms with Gasteiger partial charge in [0.15, 0.2) is 5.78 Å². The van der Waals surface area contributed by atoms with E-state index in [1.807, 2.05) is 53.4 Å². The van der Waals surface area contributed by atoms with Crippen molar-refractivity contribution in [2.45, 2.75) is 19.4 Å². The van der Waals surface area contributed by atoms with Crippen LogP contribution in [0.2, 0.25) is 0 Å². The van der Waals surface area contributed by atoms with Crippen LogP contribution in [0.5, 0.6) is 5.75 Å². The van der Waals surface area contributed by atoms with E-state index >= 15 is 0 Å². The van der Waals surface area contributed by atoms with Crippen LogP contribution >= 0.6 is 0 Å². The van der Waals surface area contributed by atoms with Crippen LogP contribution in [0.4, 0.5) is 0 Å². The van der Waals surface area contributed by atoms with E-state index in [0.717, 1.165) is 30.7 Å². The number of aromatic nitrogens is 1. The average molecular weight is 255 g/mol. The van der Waals surface area contributed by atoms with E-state index in [9.17, 15) is 4.79 Å². The average Bonchev–Trinajstić information content (AvgIpc) is 3.19. The molecule has 0 N–H and O–H groups in total. The number of carbonyl (C=O) groups excluding carboxylic acids is 1. The molecular formula is C16H17NO2. The molecule has 1 fully saturated rings. The molecule has 1 saturated carbocycles. The molecule has 3 heteroatoms. The van der Waals surface area contributed by atoms with Gasteiger partial charge in [0, 0.05) is 23.9 Å². The monoisotopic (exact) mass is 255 g/mol. The van der Waals surface area contributed by atoms with Crippen LogP contribution in [-0.4, -0.2) is 17.0 Å². The molecule has 0 aliphatic heterocycles. The Labute approximate surface area is 112 Å². The Hall–Kier alpha value is -2.03. The lowest BCUT2D eigenvalue weighted by Crippen LogP contribution is -2.07. The molecule has 1 heterocycles. The molecule has 2 aromatic rings. The number of rotatable bonds is 6. The molecule has 19 heavy (non-hydrogen) atoms. The molecule has 0 amide bonds. The second-order valence-electron chi connectivity index (χ2n) is 4.94. The Kier molecular flexibility index (Phi) is 3.36. The van der Waals surface area contributed by atoms with Gasteiger partial charge in [0.2, 0.25) is 0 Å². The summed E-state index contributed by atoms with van der Waals surface area (Å²) in [6.45, 7) is 1.36. The molecule has 0 atom stereocenters. The van der Waals surface area contributed by atoms with Crippen LogP contribution in [0.15, 0.2) is 48.8 Å². The molecule has 98 valence electrons. The SMILES string of the molecule is O=C(c1ccn(CCOc2ccccc2)c1)C1CC1. The molecule has 0 saturated heterocycles. The quantitative estimate of drug-likeness (QED) is 0.742. The first-order valence-corrected chi connectivity index (χ1v) is 6.71. The lowest BCUT2D eigenvalue weighted by molar-refractivity contribution is 0.0967. The number of hydrogen-bond acceptors (Lipinski definition) is 2. The summed E-state index contributed by atoms with van der Waals surface area (Å²) in [4.78, 5) is 11.9. The van der Waals surface area contributed by atoms with Crippen LogP contribution in [0.3, 0.4) is 0 Å². The molecule has 1 aliphatic carbocycles. The van der Waals surface area contributed by atoms with Gasteiger partial charge in [0.1, 0.15) is 12.4 Å². The Morgan fingerprint density at radius 1 is 1.21 bits per heavy atom. The highest BCUT2D eigenvalue weighted by Crippen LogP contribution is 2.32. The first-order valence-electron chi connectivity index (χ1n) is 6.71. The maximum Gasteiger partial charge on any atom is 0.167 e. The zero-order valence-electron chi connectivity index (χ0n) is 10.8. The van der Waals surface area contributed by atoms with E-state index in [4.69, 9.17) is 4.74 Å². The largest absolute Gasteiger partial charge is 0.492 e. The fourth-order valence-corrected chi connectivity index (χ4v) is 2.09. The standard InChI is InChI=1S/C16H17NO2/c18-16(13-6-7-13)14-8-9-17(12-14)10-11-19-15-4-2-1-3-5-15/h1-5,8-9,12-13H,6-7,10-11H2. The molecule has 0 unspecified atom stereocenters. The Morgan fingerprint density at radius 3 is 2.74 bits per heavy atom. The number of para-hydroxylation sites is 1. The number of benzene rings is 1. The molecule has 0 spiro atoms. The van der Waals surface area contributed by atoms with E-state index in [-0.39, 0.29) is 5.92 Å². The summed E-state index contributed by atoms with van der Waals surface area (Å²) in [5, 5.41) is 0. The maximum absolute atomic E-state index is 11.9. The summed E-state index contributed by atoms with van der Waals surface area (Å²) < 4.78 is 7.65. The van der Waals surface area contributed by atoms with Crippen LogP contribution < -0.4 is 4.74 Å². The van der Waals surface area contributed by atoms with Crippen molar-refractivity contribution >= 4 is 5.78 Å². The zero-order valence-corrected chi connectivity index (χ0v) is 10.8. The number of carbonyl (C=O) groups is 1. The summed E-state index contributed by atoms with van der Waals surface area (Å²) >= 11 is 0. The van der Waals surface area contributed by atoms with Gasteiger partial charge in [-0.1, -0.05) is 18.2 Å². The van der Waals surface area contributed by atoms with Gasteiger partial charge in [0.05, 0.1) is 6.54 Å². The lowest BCUT2D eigenvalue weighted by Gasteiger charge is -2.06. The lowest BCUT2D eigenvalue weighted by atomic mass is 10.1. The summed E-state index contributed by atoms with van der Waals surface area (Å²) in [6, 6.07) is 11.7. The molecule has 0 bridgehead atoms. The minimum atomic E-state index is 0.288. The highest BCUT2D eigenvalue weighted by Gasteiger charge is 2.30. The number of ketones is 1. The van der Waals surface area contributed by atoms with Crippen LogP contribution in [-0.2, 0) is 6.54 Å². The fourth-order valence-electron chi connectivity index (χ4n) is 2.09. The predicted octanol–water partition coefficient (Wildman–Crippen LogP) is 3.16.